The van der Waals surface area contributed by atoms with Crippen molar-refractivity contribution >= 4 is 6.02 Å². The molecular weight excluding hydrogens is 284 g/mol. The normalized spacial score (nSPS) is 18.0. The molecule has 0 spiro atoms. The second-order valence-electron chi connectivity index (χ2n) is 4.91. The van der Waals surface area contributed by atoms with Crippen LogP contribution in [0, 0.1) is 10.1 Å². The van der Waals surface area contributed by atoms with Crippen LogP contribution in [-0.2, 0) is 4.74 Å². The number of amidine groups is 1. The van der Waals surface area contributed by atoms with Crippen LogP contribution in [0.4, 0.5) is 0 Å². The molecule has 0 aliphatic carbocycles. The fourth-order valence-electron chi connectivity index (χ4n) is 2.06. The number of allylic oxidation sites excluding steroid dienone is 1. The third kappa shape index (κ3) is 3.43. The molecule has 1 aromatic rings. The molecule has 1 aromatic carbocycles. The number of nitro groups is 1. The fraction of sp³-hybridized carbons (Fsp3) is 0.267. The van der Waals surface area contributed by atoms with Crippen LogP contribution in [0.25, 0.3) is 0 Å². The Balaban J connectivity index is 2.53. The number of hydrogen-bond acceptors (Lipinski definition) is 6. The highest BCUT2D eigenvalue weighted by Crippen LogP contribution is 2.31. The zero-order valence-electron chi connectivity index (χ0n) is 12.7. The number of nitrogens with one attached hydrogen (secondary N) is 1. The van der Waals surface area contributed by atoms with Crippen LogP contribution in [0.2, 0.25) is 0 Å². The van der Waals surface area contributed by atoms with Gasteiger partial charge in [-0.1, -0.05) is 30.3 Å². The maximum atomic E-state index is 11.5. The summed E-state index contributed by atoms with van der Waals surface area (Å²) in [4.78, 5) is 17.2. The first kappa shape index (κ1) is 15.6. The van der Waals surface area contributed by atoms with E-state index in [4.69, 9.17) is 4.74 Å². The van der Waals surface area contributed by atoms with Gasteiger partial charge in [0.1, 0.15) is 5.70 Å². The van der Waals surface area contributed by atoms with Gasteiger partial charge in [-0.05, 0) is 11.6 Å². The lowest BCUT2D eigenvalue weighted by molar-refractivity contribution is -0.431. The molecule has 22 heavy (non-hydrogen) atoms. The molecule has 1 aliphatic heterocycles. The molecule has 0 saturated carbocycles. The fourth-order valence-corrected chi connectivity index (χ4v) is 2.06. The lowest BCUT2D eigenvalue weighted by atomic mass is 10.0. The number of ether oxygens (including phenoxy) is 1. The van der Waals surface area contributed by atoms with Gasteiger partial charge in [-0.2, -0.15) is 0 Å². The summed E-state index contributed by atoms with van der Waals surface area (Å²) in [5.41, 5.74) is 1.09. The van der Waals surface area contributed by atoms with Crippen molar-refractivity contribution in [2.75, 3.05) is 21.2 Å². The predicted molar refractivity (Wildman–Crippen MR) is 83.6 cm³/mol. The minimum Gasteiger partial charge on any atom is -0.468 e. The Hall–Kier alpha value is -2.83. The Morgan fingerprint density at radius 2 is 2.05 bits per heavy atom. The molecule has 1 N–H and O–H groups in total. The Bertz CT molecular complexity index is 635. The summed E-state index contributed by atoms with van der Waals surface area (Å²) < 4.78 is 5.14. The molecule has 0 aromatic heterocycles. The number of rotatable bonds is 4. The van der Waals surface area contributed by atoms with E-state index in [9.17, 15) is 10.1 Å². The molecule has 7 nitrogen and oxygen atoms in total. The van der Waals surface area contributed by atoms with Crippen LogP contribution in [0.5, 0.6) is 0 Å². The molecule has 1 heterocycles. The smallest absolute Gasteiger partial charge is 0.298 e. The average Bonchev–Trinajstić information content (AvgIpc) is 2.52. The van der Waals surface area contributed by atoms with Crippen LogP contribution < -0.4 is 5.32 Å². The van der Waals surface area contributed by atoms with Crippen LogP contribution in [0.3, 0.4) is 0 Å². The Morgan fingerprint density at radius 1 is 1.36 bits per heavy atom. The van der Waals surface area contributed by atoms with Crippen LogP contribution in [0.15, 0.2) is 59.0 Å². The molecule has 1 unspecified atom stereocenters. The first-order valence-corrected chi connectivity index (χ1v) is 6.70. The van der Waals surface area contributed by atoms with Gasteiger partial charge in [-0.25, -0.2) is 4.99 Å². The van der Waals surface area contributed by atoms with Crippen molar-refractivity contribution in [1.29, 1.82) is 0 Å². The van der Waals surface area contributed by atoms with Gasteiger partial charge in [0, 0.05) is 20.3 Å². The Kier molecular flexibility index (Phi) is 4.77. The van der Waals surface area contributed by atoms with Gasteiger partial charge < -0.3 is 15.0 Å². The molecule has 7 heteroatoms. The van der Waals surface area contributed by atoms with E-state index in [-0.39, 0.29) is 11.7 Å². The SMILES string of the molecule is COC1=NC(c2ccccc2)C([N+](=O)[O-])=C(C=CN(C)C)N1. The van der Waals surface area contributed by atoms with Crippen molar-refractivity contribution in [2.24, 2.45) is 4.99 Å². The highest BCUT2D eigenvalue weighted by Gasteiger charge is 2.34. The predicted octanol–water partition coefficient (Wildman–Crippen LogP) is 1.90. The molecule has 116 valence electrons. The number of methoxy groups -OCH3 is 1. The molecule has 0 amide bonds. The van der Waals surface area contributed by atoms with Gasteiger partial charge in [-0.3, -0.25) is 10.1 Å². The second kappa shape index (κ2) is 6.75. The van der Waals surface area contributed by atoms with Crippen molar-refractivity contribution in [3.8, 4) is 0 Å². The van der Waals surface area contributed by atoms with E-state index in [2.05, 4.69) is 10.3 Å². The summed E-state index contributed by atoms with van der Waals surface area (Å²) in [5.74, 6) is 0. The molecule has 0 bridgehead atoms. The zero-order valence-corrected chi connectivity index (χ0v) is 12.7. The highest BCUT2D eigenvalue weighted by molar-refractivity contribution is 5.78. The number of nitrogens with zero attached hydrogens (tertiary/aromatic N) is 3. The third-order valence-corrected chi connectivity index (χ3v) is 3.07. The van der Waals surface area contributed by atoms with Gasteiger partial charge in [-0.15, -0.1) is 0 Å². The van der Waals surface area contributed by atoms with Gasteiger partial charge >= 0.3 is 0 Å². The lowest BCUT2D eigenvalue weighted by Gasteiger charge is -2.21. The topological polar surface area (TPSA) is 80.0 Å². The molecule has 1 aliphatic rings. The lowest BCUT2D eigenvalue weighted by Crippen LogP contribution is -2.33. The molecule has 2 rings (SSSR count). The Morgan fingerprint density at radius 3 is 2.59 bits per heavy atom. The summed E-state index contributed by atoms with van der Waals surface area (Å²) >= 11 is 0. The van der Waals surface area contributed by atoms with Gasteiger partial charge in [0.15, 0.2) is 6.04 Å². The minimum atomic E-state index is -0.714. The average molecular weight is 302 g/mol. The first-order valence-electron chi connectivity index (χ1n) is 6.70. The van der Waals surface area contributed by atoms with Gasteiger partial charge in [0.05, 0.1) is 12.0 Å². The molecule has 0 saturated heterocycles. The second-order valence-corrected chi connectivity index (χ2v) is 4.91. The van der Waals surface area contributed by atoms with E-state index in [1.807, 2.05) is 44.4 Å². The summed E-state index contributed by atoms with van der Waals surface area (Å²) in [6.07, 6.45) is 3.37. The number of benzene rings is 1. The molecule has 0 radical (unpaired) electrons. The van der Waals surface area contributed by atoms with Gasteiger partial charge in [0.25, 0.3) is 11.7 Å². The van der Waals surface area contributed by atoms with Gasteiger partial charge in [0.2, 0.25) is 0 Å². The third-order valence-electron chi connectivity index (χ3n) is 3.07. The summed E-state index contributed by atoms with van der Waals surface area (Å²) in [6.45, 7) is 0. The van der Waals surface area contributed by atoms with E-state index in [1.165, 1.54) is 7.11 Å². The molecule has 0 fully saturated rings. The largest absolute Gasteiger partial charge is 0.468 e. The van der Waals surface area contributed by atoms with Crippen LogP contribution in [0.1, 0.15) is 11.6 Å². The zero-order chi connectivity index (χ0) is 16.1. The minimum absolute atomic E-state index is 0.00917. The van der Waals surface area contributed by atoms with E-state index in [0.717, 1.165) is 5.56 Å². The highest BCUT2D eigenvalue weighted by atomic mass is 16.6. The van der Waals surface area contributed by atoms with Crippen molar-refractivity contribution < 1.29 is 9.66 Å². The van der Waals surface area contributed by atoms with E-state index in [0.29, 0.717) is 5.70 Å². The summed E-state index contributed by atoms with van der Waals surface area (Å²) in [7, 11) is 5.15. The number of hydrogen-bond donors (Lipinski definition) is 1. The maximum absolute atomic E-state index is 11.5. The molecular formula is C15H18N4O3. The summed E-state index contributed by atoms with van der Waals surface area (Å²) in [6, 6.07) is 8.66. The number of aliphatic imine (C=N–C) groups is 1. The monoisotopic (exact) mass is 302 g/mol. The quantitative estimate of drug-likeness (QED) is 0.678. The van der Waals surface area contributed by atoms with E-state index < -0.39 is 11.0 Å². The van der Waals surface area contributed by atoms with Crippen LogP contribution in [-0.4, -0.2) is 37.1 Å². The Labute approximate surface area is 128 Å². The van der Waals surface area contributed by atoms with Crippen molar-refractivity contribution in [1.82, 2.24) is 10.2 Å². The van der Waals surface area contributed by atoms with E-state index >= 15 is 0 Å². The standard InChI is InChI=1S/C15H18N4O3/c1-18(2)10-9-12-14(19(20)21)13(17-15(16-12)22-3)11-7-5-4-6-8-11/h4-10,13H,1-3H3,(H,16,17). The van der Waals surface area contributed by atoms with Crippen molar-refractivity contribution in [2.45, 2.75) is 6.04 Å². The maximum Gasteiger partial charge on any atom is 0.298 e. The molecule has 1 atom stereocenters. The van der Waals surface area contributed by atoms with Crippen LogP contribution >= 0.6 is 0 Å². The van der Waals surface area contributed by atoms with Crippen molar-refractivity contribution in [3.05, 3.63) is 69.7 Å². The summed E-state index contributed by atoms with van der Waals surface area (Å²) in [5, 5.41) is 14.4. The van der Waals surface area contributed by atoms with Crippen molar-refractivity contribution in [3.63, 3.8) is 0 Å². The first-order chi connectivity index (χ1) is 10.5. The van der Waals surface area contributed by atoms with E-state index in [1.54, 1.807) is 17.2 Å².